The van der Waals surface area contributed by atoms with E-state index in [1.807, 2.05) is 0 Å². The number of amides is 4. The first-order valence-corrected chi connectivity index (χ1v) is 11.4. The van der Waals surface area contributed by atoms with Gasteiger partial charge in [0.25, 0.3) is 34.9 Å². The molecule has 3 rings (SSSR count). The third kappa shape index (κ3) is 6.12. The van der Waals surface area contributed by atoms with Gasteiger partial charge in [0.15, 0.2) is 6.29 Å². The Hall–Kier alpha value is -4.59. The van der Waals surface area contributed by atoms with Gasteiger partial charge in [-0.3, -0.25) is 43.2 Å². The van der Waals surface area contributed by atoms with Crippen LogP contribution in [0.5, 0.6) is 0 Å². The molecule has 39 heavy (non-hydrogen) atoms. The van der Waals surface area contributed by atoms with Gasteiger partial charge in [0.1, 0.15) is 11.5 Å². The Morgan fingerprint density at radius 2 is 1.56 bits per heavy atom. The summed E-state index contributed by atoms with van der Waals surface area (Å²) in [6.07, 6.45) is -1.05. The smallest absolute Gasteiger partial charge is 0.308 e. The lowest BCUT2D eigenvalue weighted by atomic mass is 10.1. The molecule has 13 nitrogen and oxygen atoms in total. The van der Waals surface area contributed by atoms with Crippen molar-refractivity contribution in [1.29, 1.82) is 0 Å². The number of nitrogens with one attached hydrogen (secondary N) is 1. The SMILES string of the molecule is O=CC(=O)C(=O)C(=O)C(=O)C(=O)N(C=O)c1cccc(C(=O)NC2=NN(c3c(Cl)cc(Cl)cc3Cl)C(=O)C2)c1. The van der Waals surface area contributed by atoms with Crippen molar-refractivity contribution in [3.63, 3.8) is 0 Å². The lowest BCUT2D eigenvalue weighted by Crippen LogP contribution is -2.43. The molecule has 16 heteroatoms. The number of nitrogens with zero attached hydrogens (tertiary/aromatic N) is 3. The molecule has 0 fully saturated rings. The molecule has 0 atom stereocenters. The maximum atomic E-state index is 12.8. The Morgan fingerprint density at radius 1 is 0.923 bits per heavy atom. The maximum Gasteiger partial charge on any atom is 0.309 e. The number of benzene rings is 2. The van der Waals surface area contributed by atoms with Crippen LogP contribution in [0.1, 0.15) is 16.8 Å². The van der Waals surface area contributed by atoms with Crippen molar-refractivity contribution in [2.45, 2.75) is 6.42 Å². The molecule has 0 aliphatic carbocycles. The number of Topliss-reactive ketones (excluding diaryl/α,β-unsaturated/α-hetero) is 4. The van der Waals surface area contributed by atoms with Crippen LogP contribution in [-0.4, -0.2) is 59.4 Å². The fraction of sp³-hybridized carbons (Fsp3) is 0.0435. The number of carbonyl (C=O) groups excluding carboxylic acids is 9. The van der Waals surface area contributed by atoms with Crippen LogP contribution in [0.15, 0.2) is 41.5 Å². The van der Waals surface area contributed by atoms with E-state index in [-0.39, 0.29) is 55.6 Å². The summed E-state index contributed by atoms with van der Waals surface area (Å²) in [5.74, 6) is -11.5. The summed E-state index contributed by atoms with van der Waals surface area (Å²) < 4.78 is 0. The van der Waals surface area contributed by atoms with Gasteiger partial charge in [0, 0.05) is 10.6 Å². The molecule has 2 aromatic carbocycles. The molecular weight excluding hydrogens is 583 g/mol. The highest BCUT2D eigenvalue weighted by Gasteiger charge is 2.36. The number of ketones is 4. The number of anilines is 2. The quantitative estimate of drug-likeness (QED) is 0.252. The first kappa shape index (κ1) is 29.0. The lowest BCUT2D eigenvalue weighted by Gasteiger charge is -2.15. The molecule has 1 heterocycles. The largest absolute Gasteiger partial charge is 0.309 e. The van der Waals surface area contributed by atoms with E-state index in [4.69, 9.17) is 34.8 Å². The Balaban J connectivity index is 1.81. The Morgan fingerprint density at radius 3 is 2.15 bits per heavy atom. The van der Waals surface area contributed by atoms with Crippen LogP contribution in [0.2, 0.25) is 15.1 Å². The van der Waals surface area contributed by atoms with E-state index >= 15 is 0 Å². The van der Waals surface area contributed by atoms with Gasteiger partial charge >= 0.3 is 5.91 Å². The van der Waals surface area contributed by atoms with Crippen LogP contribution in [0.25, 0.3) is 0 Å². The van der Waals surface area contributed by atoms with Crippen LogP contribution >= 0.6 is 34.8 Å². The fourth-order valence-electron chi connectivity index (χ4n) is 3.11. The molecule has 198 valence electrons. The summed E-state index contributed by atoms with van der Waals surface area (Å²) in [6, 6.07) is 7.21. The van der Waals surface area contributed by atoms with Crippen molar-refractivity contribution in [3.05, 3.63) is 57.0 Å². The number of carbonyl (C=O) groups is 9. The number of imide groups is 1. The average Bonchev–Trinajstić information content (AvgIpc) is 3.25. The molecule has 2 aromatic rings. The van der Waals surface area contributed by atoms with Crippen LogP contribution in [0.4, 0.5) is 11.4 Å². The van der Waals surface area contributed by atoms with E-state index in [1.54, 1.807) is 0 Å². The molecule has 1 aliphatic rings. The molecule has 4 amide bonds. The van der Waals surface area contributed by atoms with E-state index in [9.17, 15) is 43.2 Å². The van der Waals surface area contributed by atoms with Gasteiger partial charge in [-0.1, -0.05) is 40.9 Å². The topological polar surface area (TPSA) is 184 Å². The Kier molecular flexibility index (Phi) is 8.81. The van der Waals surface area contributed by atoms with Crippen molar-refractivity contribution in [2.75, 3.05) is 9.91 Å². The third-order valence-electron chi connectivity index (χ3n) is 4.88. The zero-order chi connectivity index (χ0) is 29.0. The van der Waals surface area contributed by atoms with Crippen LogP contribution in [0.3, 0.4) is 0 Å². The van der Waals surface area contributed by atoms with Gasteiger partial charge in [0.2, 0.25) is 6.41 Å². The number of rotatable bonds is 9. The standard InChI is InChI=1S/C23H11Cl3N4O9/c24-11-5-13(25)18(14(26)6-11)30-17(34)7-16(28-30)27-22(38)10-2-1-3-12(4-10)29(9-32)23(39)21(37)20(36)19(35)15(33)8-31/h1-6,8-9H,7H2,(H,27,28,38). The average molecular weight is 594 g/mol. The molecule has 0 radical (unpaired) electrons. The van der Waals surface area contributed by atoms with Crippen molar-refractivity contribution in [1.82, 2.24) is 5.32 Å². The minimum absolute atomic E-state index is 0.0220. The van der Waals surface area contributed by atoms with Gasteiger partial charge in [-0.25, -0.2) is 4.90 Å². The highest BCUT2D eigenvalue weighted by Crippen LogP contribution is 2.38. The summed E-state index contributed by atoms with van der Waals surface area (Å²) in [6.45, 7) is 0. The summed E-state index contributed by atoms with van der Waals surface area (Å²) in [5, 5.41) is 7.51. The second-order valence-electron chi connectivity index (χ2n) is 7.40. The van der Waals surface area contributed by atoms with Gasteiger partial charge in [-0.05, 0) is 30.3 Å². The highest BCUT2D eigenvalue weighted by molar-refractivity contribution is 6.91. The summed E-state index contributed by atoms with van der Waals surface area (Å²) in [4.78, 5) is 106. The van der Waals surface area contributed by atoms with Crippen LogP contribution in [0, 0.1) is 0 Å². The van der Waals surface area contributed by atoms with E-state index in [0.29, 0.717) is 0 Å². The van der Waals surface area contributed by atoms with Gasteiger partial charge < -0.3 is 5.32 Å². The zero-order valence-electron chi connectivity index (χ0n) is 19.0. The molecule has 0 aromatic heterocycles. The predicted molar refractivity (Wildman–Crippen MR) is 135 cm³/mol. The van der Waals surface area contributed by atoms with Crippen molar-refractivity contribution < 1.29 is 43.2 Å². The van der Waals surface area contributed by atoms with E-state index in [2.05, 4.69) is 10.4 Å². The van der Waals surface area contributed by atoms with Gasteiger partial charge in [-0.15, -0.1) is 0 Å². The monoisotopic (exact) mass is 592 g/mol. The zero-order valence-corrected chi connectivity index (χ0v) is 21.2. The number of hydrogen-bond donors (Lipinski definition) is 1. The van der Waals surface area contributed by atoms with Crippen molar-refractivity contribution in [2.24, 2.45) is 5.10 Å². The van der Waals surface area contributed by atoms with Crippen LogP contribution < -0.4 is 15.2 Å². The van der Waals surface area contributed by atoms with Gasteiger partial charge in [0.05, 0.1) is 22.2 Å². The predicted octanol–water partition coefficient (Wildman–Crippen LogP) is 1.09. The highest BCUT2D eigenvalue weighted by atomic mass is 35.5. The van der Waals surface area contributed by atoms with Crippen molar-refractivity contribution in [3.8, 4) is 0 Å². The third-order valence-corrected chi connectivity index (χ3v) is 5.67. The number of amidine groups is 1. The molecule has 0 unspecified atom stereocenters. The minimum atomic E-state index is -2.12. The summed E-state index contributed by atoms with van der Waals surface area (Å²) >= 11 is 18.1. The number of aldehydes is 1. The molecule has 0 spiro atoms. The molecule has 1 N–H and O–H groups in total. The maximum absolute atomic E-state index is 12.8. The molecular formula is C23H11Cl3N4O9. The lowest BCUT2D eigenvalue weighted by molar-refractivity contribution is -0.151. The Labute approximate surface area is 232 Å². The second kappa shape index (κ2) is 11.9. The van der Waals surface area contributed by atoms with E-state index in [0.717, 1.165) is 17.1 Å². The molecule has 0 saturated heterocycles. The van der Waals surface area contributed by atoms with E-state index in [1.165, 1.54) is 24.3 Å². The number of hydrogen-bond acceptors (Lipinski definition) is 10. The molecule has 1 aliphatic heterocycles. The normalized spacial score (nSPS) is 12.3. The van der Waals surface area contributed by atoms with Crippen molar-refractivity contribution >= 4 is 106 Å². The number of halogens is 3. The van der Waals surface area contributed by atoms with Gasteiger partial charge in [-0.2, -0.15) is 10.1 Å². The van der Waals surface area contributed by atoms with E-state index < -0.39 is 47.1 Å². The number of hydrazone groups is 1. The molecule has 0 bridgehead atoms. The minimum Gasteiger partial charge on any atom is -0.308 e. The Bertz CT molecular complexity index is 1510. The molecule has 0 saturated carbocycles. The first-order valence-electron chi connectivity index (χ1n) is 10.3. The van der Waals surface area contributed by atoms with Crippen LogP contribution in [-0.2, 0) is 38.4 Å². The fourth-order valence-corrected chi connectivity index (χ4v) is 4.09. The summed E-state index contributed by atoms with van der Waals surface area (Å²) in [5.41, 5.74) is -0.523. The second-order valence-corrected chi connectivity index (χ2v) is 8.65. The summed E-state index contributed by atoms with van der Waals surface area (Å²) in [7, 11) is 0. The first-order chi connectivity index (χ1) is 18.4.